The fourth-order valence-corrected chi connectivity index (χ4v) is 2.47. The standard InChI is InChI=1S/C13H24/c1-4-7-9-13(10-8-5-2)11-12(13)6-3/h6,12H,3-5,7-11H2,1-2H3. The zero-order valence-electron chi connectivity index (χ0n) is 9.31. The first-order valence-electron chi connectivity index (χ1n) is 5.91. The van der Waals surface area contributed by atoms with Crippen molar-refractivity contribution >= 4 is 0 Å². The van der Waals surface area contributed by atoms with Gasteiger partial charge in [-0.05, 0) is 30.6 Å². The molecule has 1 unspecified atom stereocenters. The van der Waals surface area contributed by atoms with Crippen molar-refractivity contribution in [3.63, 3.8) is 0 Å². The second-order valence-electron chi connectivity index (χ2n) is 4.62. The molecule has 0 aromatic rings. The quantitative estimate of drug-likeness (QED) is 0.504. The fraction of sp³-hybridized carbons (Fsp3) is 0.846. The first kappa shape index (κ1) is 10.8. The Labute approximate surface area is 83.4 Å². The molecule has 0 heterocycles. The maximum Gasteiger partial charge on any atom is -0.0174 e. The molecular weight excluding hydrogens is 156 g/mol. The summed E-state index contributed by atoms with van der Waals surface area (Å²) >= 11 is 0. The zero-order valence-corrected chi connectivity index (χ0v) is 9.31. The molecule has 1 fully saturated rings. The molecule has 0 saturated heterocycles. The number of rotatable bonds is 7. The monoisotopic (exact) mass is 180 g/mol. The largest absolute Gasteiger partial charge is 0.103 e. The van der Waals surface area contributed by atoms with Gasteiger partial charge in [-0.15, -0.1) is 6.58 Å². The highest BCUT2D eigenvalue weighted by Gasteiger charge is 2.50. The maximum absolute atomic E-state index is 3.93. The van der Waals surface area contributed by atoms with Gasteiger partial charge in [0.25, 0.3) is 0 Å². The van der Waals surface area contributed by atoms with Gasteiger partial charge in [0.1, 0.15) is 0 Å². The summed E-state index contributed by atoms with van der Waals surface area (Å²) < 4.78 is 0. The van der Waals surface area contributed by atoms with Crippen LogP contribution in [0.1, 0.15) is 58.8 Å². The van der Waals surface area contributed by atoms with Crippen LogP contribution < -0.4 is 0 Å². The molecule has 0 nitrogen and oxygen atoms in total. The van der Waals surface area contributed by atoms with E-state index in [1.54, 1.807) is 0 Å². The van der Waals surface area contributed by atoms with Crippen LogP contribution in [0.25, 0.3) is 0 Å². The van der Waals surface area contributed by atoms with E-state index in [-0.39, 0.29) is 0 Å². The van der Waals surface area contributed by atoms with Crippen molar-refractivity contribution in [2.24, 2.45) is 11.3 Å². The first-order chi connectivity index (χ1) is 6.29. The SMILES string of the molecule is C=CC1CC1(CCCC)CCCC. The number of hydrogen-bond acceptors (Lipinski definition) is 0. The lowest BCUT2D eigenvalue weighted by atomic mass is 9.90. The Balaban J connectivity index is 2.33. The topological polar surface area (TPSA) is 0 Å². The Morgan fingerprint density at radius 2 is 1.77 bits per heavy atom. The average Bonchev–Trinajstić information content (AvgIpc) is 2.86. The molecule has 1 rings (SSSR count). The second-order valence-corrected chi connectivity index (χ2v) is 4.62. The summed E-state index contributed by atoms with van der Waals surface area (Å²) in [6.45, 7) is 8.52. The molecule has 0 bridgehead atoms. The first-order valence-corrected chi connectivity index (χ1v) is 5.91. The molecule has 0 heteroatoms. The van der Waals surface area contributed by atoms with Crippen LogP contribution in [0.5, 0.6) is 0 Å². The van der Waals surface area contributed by atoms with Gasteiger partial charge in [-0.3, -0.25) is 0 Å². The van der Waals surface area contributed by atoms with Gasteiger partial charge in [0.2, 0.25) is 0 Å². The van der Waals surface area contributed by atoms with Crippen LogP contribution >= 0.6 is 0 Å². The predicted molar refractivity (Wildman–Crippen MR) is 59.8 cm³/mol. The molecule has 0 spiro atoms. The Bertz CT molecular complexity index is 149. The van der Waals surface area contributed by atoms with Crippen LogP contribution in [0.15, 0.2) is 12.7 Å². The van der Waals surface area contributed by atoms with Crippen molar-refractivity contribution in [1.29, 1.82) is 0 Å². The number of allylic oxidation sites excluding steroid dienone is 1. The predicted octanol–water partition coefficient (Wildman–Crippen LogP) is 4.56. The third-order valence-corrected chi connectivity index (χ3v) is 3.59. The fourth-order valence-electron chi connectivity index (χ4n) is 2.47. The summed E-state index contributed by atoms with van der Waals surface area (Å²) in [5.41, 5.74) is 0.702. The van der Waals surface area contributed by atoms with Crippen molar-refractivity contribution in [1.82, 2.24) is 0 Å². The van der Waals surface area contributed by atoms with E-state index in [4.69, 9.17) is 0 Å². The third kappa shape index (κ3) is 2.59. The van der Waals surface area contributed by atoms with Crippen LogP contribution in [0, 0.1) is 11.3 Å². The van der Waals surface area contributed by atoms with E-state index in [2.05, 4.69) is 26.5 Å². The summed E-state index contributed by atoms with van der Waals surface area (Å²) in [4.78, 5) is 0. The van der Waals surface area contributed by atoms with Crippen LogP contribution in [0.2, 0.25) is 0 Å². The summed E-state index contributed by atoms with van der Waals surface area (Å²) in [7, 11) is 0. The van der Waals surface area contributed by atoms with E-state index in [0.717, 1.165) is 5.92 Å². The highest BCUT2D eigenvalue weighted by atomic mass is 14.5. The zero-order chi connectivity index (χ0) is 9.73. The second kappa shape index (κ2) is 4.83. The molecule has 0 N–H and O–H groups in total. The summed E-state index contributed by atoms with van der Waals surface area (Å²) in [6, 6.07) is 0. The van der Waals surface area contributed by atoms with E-state index >= 15 is 0 Å². The molecule has 0 aliphatic heterocycles. The summed E-state index contributed by atoms with van der Waals surface area (Å²) in [5.74, 6) is 0.852. The van der Waals surface area contributed by atoms with Crippen molar-refractivity contribution in [3.8, 4) is 0 Å². The van der Waals surface area contributed by atoms with Gasteiger partial charge in [0, 0.05) is 0 Å². The van der Waals surface area contributed by atoms with Crippen LogP contribution in [-0.2, 0) is 0 Å². The van der Waals surface area contributed by atoms with E-state index in [1.807, 2.05) is 0 Å². The van der Waals surface area contributed by atoms with Crippen LogP contribution in [0.3, 0.4) is 0 Å². The number of hydrogen-bond donors (Lipinski definition) is 0. The molecule has 0 aromatic heterocycles. The normalized spacial score (nSPS) is 24.3. The lowest BCUT2D eigenvalue weighted by molar-refractivity contribution is 0.378. The van der Waals surface area contributed by atoms with Crippen molar-refractivity contribution < 1.29 is 0 Å². The van der Waals surface area contributed by atoms with E-state index in [1.165, 1.54) is 44.9 Å². The van der Waals surface area contributed by atoms with Gasteiger partial charge in [0.15, 0.2) is 0 Å². The van der Waals surface area contributed by atoms with Gasteiger partial charge >= 0.3 is 0 Å². The molecule has 0 amide bonds. The summed E-state index contributed by atoms with van der Waals surface area (Å²) in [6.07, 6.45) is 12.0. The van der Waals surface area contributed by atoms with Crippen LogP contribution in [-0.4, -0.2) is 0 Å². The van der Waals surface area contributed by atoms with Crippen molar-refractivity contribution in [2.45, 2.75) is 58.8 Å². The van der Waals surface area contributed by atoms with Crippen molar-refractivity contribution in [3.05, 3.63) is 12.7 Å². The van der Waals surface area contributed by atoms with Gasteiger partial charge in [-0.25, -0.2) is 0 Å². The summed E-state index contributed by atoms with van der Waals surface area (Å²) in [5, 5.41) is 0. The molecule has 13 heavy (non-hydrogen) atoms. The maximum atomic E-state index is 3.93. The molecular formula is C13H24. The van der Waals surface area contributed by atoms with E-state index in [0.29, 0.717) is 5.41 Å². The third-order valence-electron chi connectivity index (χ3n) is 3.59. The molecule has 1 atom stereocenters. The lowest BCUT2D eigenvalue weighted by Gasteiger charge is -2.15. The highest BCUT2D eigenvalue weighted by Crippen LogP contribution is 2.59. The minimum atomic E-state index is 0.702. The van der Waals surface area contributed by atoms with Gasteiger partial charge in [-0.2, -0.15) is 0 Å². The van der Waals surface area contributed by atoms with Gasteiger partial charge < -0.3 is 0 Å². The number of unbranched alkanes of at least 4 members (excludes halogenated alkanes) is 2. The molecule has 1 saturated carbocycles. The van der Waals surface area contributed by atoms with E-state index in [9.17, 15) is 0 Å². The Hall–Kier alpha value is -0.260. The van der Waals surface area contributed by atoms with E-state index < -0.39 is 0 Å². The minimum absolute atomic E-state index is 0.702. The Kier molecular flexibility index (Phi) is 4.02. The van der Waals surface area contributed by atoms with Crippen molar-refractivity contribution in [2.75, 3.05) is 0 Å². The lowest BCUT2D eigenvalue weighted by Crippen LogP contribution is -2.03. The van der Waals surface area contributed by atoms with Gasteiger partial charge in [0.05, 0.1) is 0 Å². The average molecular weight is 180 g/mol. The smallest absolute Gasteiger partial charge is 0.0174 e. The molecule has 0 aromatic carbocycles. The molecule has 0 radical (unpaired) electrons. The minimum Gasteiger partial charge on any atom is -0.103 e. The van der Waals surface area contributed by atoms with Gasteiger partial charge in [-0.1, -0.05) is 45.6 Å². The molecule has 1 aliphatic carbocycles. The molecule has 76 valence electrons. The Morgan fingerprint density at radius 3 is 2.08 bits per heavy atom. The van der Waals surface area contributed by atoms with Crippen LogP contribution in [0.4, 0.5) is 0 Å². The molecule has 1 aliphatic rings. The Morgan fingerprint density at radius 1 is 1.23 bits per heavy atom. The highest BCUT2D eigenvalue weighted by molar-refractivity contribution is 5.09.